The molecule has 0 radical (unpaired) electrons. The van der Waals surface area contributed by atoms with Crippen LogP contribution >= 0.6 is 46.1 Å². The standard InChI is InChI=1S/C22H20Cl3N3O2S/c23-15-3-1-14(2-4-15)12-26-19(29)13-27-7-9-28(10-8-27)22(30)21-20(25)17-6-5-16(24)11-18(17)31-21/h1-6,11H,7-10,12-13H2,(H,26,29). The number of thiophene rings is 1. The van der Waals surface area contributed by atoms with E-state index in [-0.39, 0.29) is 11.8 Å². The van der Waals surface area contributed by atoms with Crippen molar-refractivity contribution in [2.45, 2.75) is 6.54 Å². The molecule has 0 atom stereocenters. The molecule has 1 aliphatic rings. The van der Waals surface area contributed by atoms with Gasteiger partial charge in [-0.25, -0.2) is 0 Å². The number of nitrogens with one attached hydrogen (secondary N) is 1. The van der Waals surface area contributed by atoms with Crippen molar-refractivity contribution >= 4 is 68.0 Å². The van der Waals surface area contributed by atoms with E-state index in [1.807, 2.05) is 29.2 Å². The van der Waals surface area contributed by atoms with Crippen molar-refractivity contribution in [1.29, 1.82) is 0 Å². The zero-order valence-corrected chi connectivity index (χ0v) is 19.6. The van der Waals surface area contributed by atoms with Crippen molar-refractivity contribution in [3.8, 4) is 0 Å². The number of hydrogen-bond donors (Lipinski definition) is 1. The number of carbonyl (C=O) groups is 2. The quantitative estimate of drug-likeness (QED) is 0.545. The third-order valence-corrected chi connectivity index (χ3v) is 7.35. The van der Waals surface area contributed by atoms with Gasteiger partial charge < -0.3 is 10.2 Å². The van der Waals surface area contributed by atoms with Crippen LogP contribution in [0.25, 0.3) is 10.1 Å². The molecule has 1 fully saturated rings. The van der Waals surface area contributed by atoms with E-state index < -0.39 is 0 Å². The highest BCUT2D eigenvalue weighted by molar-refractivity contribution is 7.21. The molecular formula is C22H20Cl3N3O2S. The van der Waals surface area contributed by atoms with Crippen molar-refractivity contribution in [3.63, 3.8) is 0 Å². The summed E-state index contributed by atoms with van der Waals surface area (Å²) in [5.41, 5.74) is 0.995. The summed E-state index contributed by atoms with van der Waals surface area (Å²) >= 11 is 19.8. The van der Waals surface area contributed by atoms with Crippen molar-refractivity contribution in [3.05, 3.63) is 68.0 Å². The van der Waals surface area contributed by atoms with Gasteiger partial charge in [0.05, 0.1) is 11.6 Å². The number of carbonyl (C=O) groups excluding carboxylic acids is 2. The lowest BCUT2D eigenvalue weighted by atomic mass is 10.2. The Morgan fingerprint density at radius 2 is 1.61 bits per heavy atom. The lowest BCUT2D eigenvalue weighted by molar-refractivity contribution is -0.122. The second kappa shape index (κ2) is 9.76. The van der Waals surface area contributed by atoms with Crippen LogP contribution in [0.15, 0.2) is 42.5 Å². The molecule has 1 aromatic heterocycles. The Morgan fingerprint density at radius 1 is 0.935 bits per heavy atom. The Balaban J connectivity index is 1.29. The average Bonchev–Trinajstić information content (AvgIpc) is 3.09. The van der Waals surface area contributed by atoms with Crippen LogP contribution in [-0.4, -0.2) is 54.3 Å². The Hall–Kier alpha value is -1.83. The number of amides is 2. The average molecular weight is 497 g/mol. The van der Waals surface area contributed by atoms with E-state index in [4.69, 9.17) is 34.8 Å². The molecule has 0 aliphatic carbocycles. The topological polar surface area (TPSA) is 52.7 Å². The van der Waals surface area contributed by atoms with Gasteiger partial charge in [0.25, 0.3) is 5.91 Å². The Labute approximate surface area is 199 Å². The minimum absolute atomic E-state index is 0.0424. The molecule has 9 heteroatoms. The molecule has 2 amide bonds. The molecule has 2 aromatic carbocycles. The second-order valence-electron chi connectivity index (χ2n) is 7.36. The van der Waals surface area contributed by atoms with Crippen LogP contribution in [0.4, 0.5) is 0 Å². The first kappa shape index (κ1) is 22.4. The van der Waals surface area contributed by atoms with E-state index in [0.29, 0.717) is 59.2 Å². The third kappa shape index (κ3) is 5.33. The number of fused-ring (bicyclic) bond motifs is 1. The van der Waals surface area contributed by atoms with E-state index in [2.05, 4.69) is 5.32 Å². The third-order valence-electron chi connectivity index (χ3n) is 5.22. The van der Waals surface area contributed by atoms with Gasteiger partial charge in [-0.1, -0.05) is 53.0 Å². The Bertz CT molecular complexity index is 1110. The normalized spacial score (nSPS) is 14.7. The Kier molecular flexibility index (Phi) is 7.04. The summed E-state index contributed by atoms with van der Waals surface area (Å²) in [6.45, 7) is 3.13. The molecule has 2 heterocycles. The van der Waals surface area contributed by atoms with E-state index in [9.17, 15) is 9.59 Å². The smallest absolute Gasteiger partial charge is 0.265 e. The predicted octanol–water partition coefficient (Wildman–Crippen LogP) is 4.94. The number of benzene rings is 2. The zero-order chi connectivity index (χ0) is 22.0. The molecule has 4 rings (SSSR count). The summed E-state index contributed by atoms with van der Waals surface area (Å²) in [6, 6.07) is 12.8. The van der Waals surface area contributed by atoms with Crippen LogP contribution < -0.4 is 5.32 Å². The number of halogens is 3. The van der Waals surface area contributed by atoms with Crippen LogP contribution in [0.2, 0.25) is 15.1 Å². The highest BCUT2D eigenvalue weighted by Gasteiger charge is 2.26. The molecule has 1 saturated heterocycles. The van der Waals surface area contributed by atoms with Gasteiger partial charge in [0.15, 0.2) is 0 Å². The van der Waals surface area contributed by atoms with Crippen LogP contribution in [-0.2, 0) is 11.3 Å². The first-order valence-electron chi connectivity index (χ1n) is 9.81. The largest absolute Gasteiger partial charge is 0.351 e. The van der Waals surface area contributed by atoms with Gasteiger partial charge >= 0.3 is 0 Å². The molecule has 0 saturated carbocycles. The van der Waals surface area contributed by atoms with Gasteiger partial charge in [-0.15, -0.1) is 11.3 Å². The molecule has 0 unspecified atom stereocenters. The fourth-order valence-corrected chi connectivity index (χ4v) is 5.37. The van der Waals surface area contributed by atoms with E-state index in [1.165, 1.54) is 11.3 Å². The van der Waals surface area contributed by atoms with Gasteiger partial charge in [-0.2, -0.15) is 0 Å². The fourth-order valence-electron chi connectivity index (χ4n) is 3.49. The van der Waals surface area contributed by atoms with Crippen molar-refractivity contribution in [2.75, 3.05) is 32.7 Å². The molecule has 162 valence electrons. The molecule has 1 aliphatic heterocycles. The maximum Gasteiger partial charge on any atom is 0.265 e. The first-order valence-corrected chi connectivity index (χ1v) is 11.8. The molecule has 31 heavy (non-hydrogen) atoms. The summed E-state index contributed by atoms with van der Waals surface area (Å²) in [5.74, 6) is -0.117. The van der Waals surface area contributed by atoms with Gasteiger partial charge in [0, 0.05) is 52.9 Å². The maximum atomic E-state index is 13.0. The Morgan fingerprint density at radius 3 is 2.32 bits per heavy atom. The zero-order valence-electron chi connectivity index (χ0n) is 16.5. The highest BCUT2D eigenvalue weighted by Crippen LogP contribution is 2.37. The fraction of sp³-hybridized carbons (Fsp3) is 0.273. The van der Waals surface area contributed by atoms with Gasteiger partial charge in [-0.05, 0) is 29.8 Å². The summed E-state index contributed by atoms with van der Waals surface area (Å²) in [7, 11) is 0. The van der Waals surface area contributed by atoms with Crippen molar-refractivity contribution in [2.24, 2.45) is 0 Å². The van der Waals surface area contributed by atoms with Crippen LogP contribution in [0.3, 0.4) is 0 Å². The molecule has 3 aromatic rings. The van der Waals surface area contributed by atoms with E-state index in [0.717, 1.165) is 15.6 Å². The number of piperazine rings is 1. The predicted molar refractivity (Wildman–Crippen MR) is 127 cm³/mol. The van der Waals surface area contributed by atoms with Gasteiger partial charge in [-0.3, -0.25) is 14.5 Å². The molecule has 1 N–H and O–H groups in total. The lowest BCUT2D eigenvalue weighted by Gasteiger charge is -2.34. The van der Waals surface area contributed by atoms with Crippen molar-refractivity contribution in [1.82, 2.24) is 15.1 Å². The van der Waals surface area contributed by atoms with Gasteiger partial charge in [0.1, 0.15) is 4.88 Å². The highest BCUT2D eigenvalue weighted by atomic mass is 35.5. The molecule has 0 spiro atoms. The van der Waals surface area contributed by atoms with Crippen molar-refractivity contribution < 1.29 is 9.59 Å². The molecule has 5 nitrogen and oxygen atoms in total. The summed E-state index contributed by atoms with van der Waals surface area (Å²) in [5, 5.41) is 5.53. The minimum Gasteiger partial charge on any atom is -0.351 e. The van der Waals surface area contributed by atoms with Gasteiger partial charge in [0.2, 0.25) is 5.91 Å². The van der Waals surface area contributed by atoms with Crippen LogP contribution in [0.5, 0.6) is 0 Å². The summed E-state index contributed by atoms with van der Waals surface area (Å²) < 4.78 is 0.900. The maximum absolute atomic E-state index is 13.0. The lowest BCUT2D eigenvalue weighted by Crippen LogP contribution is -2.51. The molecular weight excluding hydrogens is 477 g/mol. The molecule has 0 bridgehead atoms. The first-order chi connectivity index (χ1) is 14.9. The number of nitrogens with zero attached hydrogens (tertiary/aromatic N) is 2. The van der Waals surface area contributed by atoms with Crippen LogP contribution in [0, 0.1) is 0 Å². The number of rotatable bonds is 5. The second-order valence-corrected chi connectivity index (χ2v) is 9.66. The monoisotopic (exact) mass is 495 g/mol. The summed E-state index contributed by atoms with van der Waals surface area (Å²) in [6.07, 6.45) is 0. The SMILES string of the molecule is O=C(CN1CCN(C(=O)c2sc3cc(Cl)ccc3c2Cl)CC1)NCc1ccc(Cl)cc1. The summed E-state index contributed by atoms with van der Waals surface area (Å²) in [4.78, 5) is 29.6. The van der Waals surface area contributed by atoms with E-state index in [1.54, 1.807) is 23.1 Å². The minimum atomic E-state index is -0.0748. The van der Waals surface area contributed by atoms with Crippen LogP contribution in [0.1, 0.15) is 15.2 Å². The number of hydrogen-bond acceptors (Lipinski definition) is 4. The van der Waals surface area contributed by atoms with E-state index >= 15 is 0 Å².